The number of hydrogen-bond donors (Lipinski definition) is 1. The van der Waals surface area contributed by atoms with E-state index in [-0.39, 0.29) is 0 Å². The summed E-state index contributed by atoms with van der Waals surface area (Å²) in [6.07, 6.45) is 2.15. The van der Waals surface area contributed by atoms with Gasteiger partial charge in [0, 0.05) is 10.9 Å². The van der Waals surface area contributed by atoms with Crippen molar-refractivity contribution in [3.63, 3.8) is 0 Å². The van der Waals surface area contributed by atoms with Crippen LogP contribution in [0.4, 0.5) is 0 Å². The number of aryl methyl sites for hydroxylation is 2. The van der Waals surface area contributed by atoms with Crippen LogP contribution in [0.2, 0.25) is 0 Å². The Hall–Kier alpha value is -1.48. The van der Waals surface area contributed by atoms with Gasteiger partial charge in [0.1, 0.15) is 5.76 Å². The molecule has 2 aromatic rings. The van der Waals surface area contributed by atoms with Crippen LogP contribution in [-0.2, 0) is 13.0 Å². The molecule has 0 fully saturated rings. The van der Waals surface area contributed by atoms with Gasteiger partial charge in [0.2, 0.25) is 0 Å². The highest BCUT2D eigenvalue weighted by atomic mass is 16.5. The van der Waals surface area contributed by atoms with Crippen molar-refractivity contribution in [3.8, 4) is 5.75 Å². The van der Waals surface area contributed by atoms with E-state index in [1.54, 1.807) is 7.11 Å². The van der Waals surface area contributed by atoms with Crippen molar-refractivity contribution < 1.29 is 9.15 Å². The molecule has 2 rings (SSSR count). The fourth-order valence-electron chi connectivity index (χ4n) is 2.38. The summed E-state index contributed by atoms with van der Waals surface area (Å²) in [5.74, 6) is 1.85. The molecule has 1 heterocycles. The van der Waals surface area contributed by atoms with Crippen molar-refractivity contribution in [1.29, 1.82) is 0 Å². The zero-order valence-electron chi connectivity index (χ0n) is 11.6. The number of hydrogen-bond acceptors (Lipinski definition) is 3. The van der Waals surface area contributed by atoms with Crippen LogP contribution in [0.3, 0.4) is 0 Å². The summed E-state index contributed by atoms with van der Waals surface area (Å²) >= 11 is 0. The minimum atomic E-state index is 0.756. The van der Waals surface area contributed by atoms with Crippen LogP contribution in [0.5, 0.6) is 5.75 Å². The highest BCUT2D eigenvalue weighted by molar-refractivity contribution is 5.88. The van der Waals surface area contributed by atoms with Crippen LogP contribution in [0.25, 0.3) is 11.0 Å². The Kier molecular flexibility index (Phi) is 3.92. The number of ether oxygens (including phenoxy) is 1. The molecule has 1 aromatic heterocycles. The van der Waals surface area contributed by atoms with E-state index in [4.69, 9.17) is 9.15 Å². The van der Waals surface area contributed by atoms with Crippen molar-refractivity contribution in [2.45, 2.75) is 33.2 Å². The van der Waals surface area contributed by atoms with Crippen LogP contribution < -0.4 is 10.1 Å². The van der Waals surface area contributed by atoms with Crippen LogP contribution in [0.1, 0.15) is 30.2 Å². The zero-order valence-corrected chi connectivity index (χ0v) is 11.6. The maximum atomic E-state index is 5.98. The Balaban J connectivity index is 2.67. The topological polar surface area (TPSA) is 34.4 Å². The summed E-state index contributed by atoms with van der Waals surface area (Å²) < 4.78 is 11.4. The number of fused-ring (bicyclic) bond motifs is 1. The summed E-state index contributed by atoms with van der Waals surface area (Å²) in [6.45, 7) is 5.03. The van der Waals surface area contributed by atoms with Crippen molar-refractivity contribution in [1.82, 2.24) is 5.32 Å². The van der Waals surface area contributed by atoms with Crippen molar-refractivity contribution in [2.24, 2.45) is 0 Å². The summed E-state index contributed by atoms with van der Waals surface area (Å²) in [7, 11) is 3.62. The summed E-state index contributed by atoms with van der Waals surface area (Å²) in [5.41, 5.74) is 3.38. The second kappa shape index (κ2) is 5.44. The molecule has 0 atom stereocenters. The van der Waals surface area contributed by atoms with Gasteiger partial charge in [-0.25, -0.2) is 0 Å². The van der Waals surface area contributed by atoms with Crippen LogP contribution in [0.15, 0.2) is 16.5 Å². The van der Waals surface area contributed by atoms with Gasteiger partial charge in [-0.3, -0.25) is 0 Å². The molecule has 98 valence electrons. The fraction of sp³-hybridized carbons (Fsp3) is 0.467. The Morgan fingerprint density at radius 1 is 1.33 bits per heavy atom. The monoisotopic (exact) mass is 247 g/mol. The standard InChI is InChI=1S/C15H21NO2/c1-5-6-11-12-7-10(2)8-13(17-4)15(12)18-14(11)9-16-3/h7-8,16H,5-6,9H2,1-4H3. The quantitative estimate of drug-likeness (QED) is 0.879. The molecule has 0 unspecified atom stereocenters. The fourth-order valence-corrected chi connectivity index (χ4v) is 2.38. The molecule has 18 heavy (non-hydrogen) atoms. The molecule has 3 nitrogen and oxygen atoms in total. The Morgan fingerprint density at radius 3 is 2.72 bits per heavy atom. The minimum absolute atomic E-state index is 0.756. The molecule has 1 N–H and O–H groups in total. The molecular formula is C15H21NO2. The van der Waals surface area contributed by atoms with E-state index in [2.05, 4.69) is 25.2 Å². The van der Waals surface area contributed by atoms with E-state index in [9.17, 15) is 0 Å². The van der Waals surface area contributed by atoms with Crippen molar-refractivity contribution in [3.05, 3.63) is 29.0 Å². The van der Waals surface area contributed by atoms with Gasteiger partial charge < -0.3 is 14.5 Å². The summed E-state index contributed by atoms with van der Waals surface area (Å²) in [5, 5.41) is 4.35. The first-order valence-electron chi connectivity index (χ1n) is 6.44. The molecule has 0 spiro atoms. The molecule has 0 aliphatic heterocycles. The van der Waals surface area contributed by atoms with E-state index < -0.39 is 0 Å². The number of benzene rings is 1. The lowest BCUT2D eigenvalue weighted by atomic mass is 10.0. The van der Waals surface area contributed by atoms with Gasteiger partial charge in [0.05, 0.1) is 13.7 Å². The minimum Gasteiger partial charge on any atom is -0.493 e. The highest BCUT2D eigenvalue weighted by Gasteiger charge is 2.16. The molecule has 0 saturated heterocycles. The molecular weight excluding hydrogens is 226 g/mol. The second-order valence-electron chi connectivity index (χ2n) is 4.63. The summed E-state index contributed by atoms with van der Waals surface area (Å²) in [6, 6.07) is 4.20. The van der Waals surface area contributed by atoms with Crippen molar-refractivity contribution in [2.75, 3.05) is 14.2 Å². The lowest BCUT2D eigenvalue weighted by Crippen LogP contribution is -2.05. The van der Waals surface area contributed by atoms with Gasteiger partial charge in [-0.1, -0.05) is 13.3 Å². The molecule has 0 aliphatic carbocycles. The first kappa shape index (κ1) is 13.0. The van der Waals surface area contributed by atoms with Crippen LogP contribution in [-0.4, -0.2) is 14.2 Å². The van der Waals surface area contributed by atoms with E-state index >= 15 is 0 Å². The molecule has 0 amide bonds. The van der Waals surface area contributed by atoms with Gasteiger partial charge in [-0.15, -0.1) is 0 Å². The number of nitrogens with one attached hydrogen (secondary N) is 1. The smallest absolute Gasteiger partial charge is 0.176 e. The predicted molar refractivity (Wildman–Crippen MR) is 74.3 cm³/mol. The van der Waals surface area contributed by atoms with Gasteiger partial charge in [-0.05, 0) is 38.1 Å². The lowest BCUT2D eigenvalue weighted by molar-refractivity contribution is 0.406. The van der Waals surface area contributed by atoms with E-state index in [1.807, 2.05) is 13.1 Å². The lowest BCUT2D eigenvalue weighted by Gasteiger charge is -2.03. The van der Waals surface area contributed by atoms with E-state index in [0.29, 0.717) is 0 Å². The van der Waals surface area contributed by atoms with E-state index in [1.165, 1.54) is 16.5 Å². The Labute approximate surface area is 108 Å². The molecule has 0 aliphatic rings. The molecule has 0 radical (unpaired) electrons. The number of rotatable bonds is 5. The third-order valence-electron chi connectivity index (χ3n) is 3.14. The zero-order chi connectivity index (χ0) is 13.1. The molecule has 3 heteroatoms. The van der Waals surface area contributed by atoms with Crippen LogP contribution in [0, 0.1) is 6.92 Å². The Bertz CT molecular complexity index is 543. The van der Waals surface area contributed by atoms with Gasteiger partial charge in [-0.2, -0.15) is 0 Å². The van der Waals surface area contributed by atoms with Gasteiger partial charge >= 0.3 is 0 Å². The first-order valence-corrected chi connectivity index (χ1v) is 6.44. The number of methoxy groups -OCH3 is 1. The maximum Gasteiger partial charge on any atom is 0.176 e. The normalized spacial score (nSPS) is 11.1. The average molecular weight is 247 g/mol. The molecule has 0 bridgehead atoms. The Morgan fingerprint density at radius 2 is 2.11 bits per heavy atom. The SMILES string of the molecule is CCCc1c(CNC)oc2c(OC)cc(C)cc12. The largest absolute Gasteiger partial charge is 0.493 e. The second-order valence-corrected chi connectivity index (χ2v) is 4.63. The van der Waals surface area contributed by atoms with Gasteiger partial charge in [0.25, 0.3) is 0 Å². The van der Waals surface area contributed by atoms with Gasteiger partial charge in [0.15, 0.2) is 11.3 Å². The predicted octanol–water partition coefficient (Wildman–Crippen LogP) is 3.42. The highest BCUT2D eigenvalue weighted by Crippen LogP contribution is 2.34. The van der Waals surface area contributed by atoms with E-state index in [0.717, 1.165) is 36.5 Å². The average Bonchev–Trinajstić information content (AvgIpc) is 2.68. The number of furan rings is 1. The molecule has 1 aromatic carbocycles. The first-order chi connectivity index (χ1) is 8.71. The third-order valence-corrected chi connectivity index (χ3v) is 3.14. The third kappa shape index (κ3) is 2.23. The van der Waals surface area contributed by atoms with Crippen molar-refractivity contribution >= 4 is 11.0 Å². The van der Waals surface area contributed by atoms with Crippen LogP contribution >= 0.6 is 0 Å². The molecule has 0 saturated carbocycles. The maximum absolute atomic E-state index is 5.98. The summed E-state index contributed by atoms with van der Waals surface area (Å²) in [4.78, 5) is 0.